The topological polar surface area (TPSA) is 55.1 Å². The fourth-order valence-electron chi connectivity index (χ4n) is 3.00. The van der Waals surface area contributed by atoms with Crippen LogP contribution in [0.2, 0.25) is 0 Å². The minimum absolute atomic E-state index is 0.599. The van der Waals surface area contributed by atoms with Gasteiger partial charge in [0.2, 0.25) is 0 Å². The lowest BCUT2D eigenvalue weighted by atomic mass is 9.87. The summed E-state index contributed by atoms with van der Waals surface area (Å²) in [5, 5.41) is 4.27. The highest BCUT2D eigenvalue weighted by molar-refractivity contribution is 5.11. The Balaban J connectivity index is 1.56. The van der Waals surface area contributed by atoms with Crippen LogP contribution in [0.5, 0.6) is 0 Å². The molecule has 1 fully saturated rings. The Morgan fingerprint density at radius 1 is 1.19 bits per heavy atom. The summed E-state index contributed by atoms with van der Waals surface area (Å²) >= 11 is 0. The van der Waals surface area contributed by atoms with Gasteiger partial charge in [0.1, 0.15) is 0 Å². The quantitative estimate of drug-likeness (QED) is 0.845. The molecular formula is C16H22N4O. The Morgan fingerprint density at radius 2 is 2.05 bits per heavy atom. The van der Waals surface area contributed by atoms with Crippen LogP contribution in [-0.2, 0) is 13.1 Å². The van der Waals surface area contributed by atoms with Gasteiger partial charge in [-0.2, -0.15) is 0 Å². The molecule has 2 heterocycles. The van der Waals surface area contributed by atoms with Crippen LogP contribution in [0, 0.1) is 0 Å². The molecule has 21 heavy (non-hydrogen) atoms. The SMILES string of the molecule is CN(Cc1cnccn1)Cc1cc(C2CCCCC2)no1. The summed E-state index contributed by atoms with van der Waals surface area (Å²) in [5.41, 5.74) is 2.10. The molecule has 1 aliphatic rings. The van der Waals surface area contributed by atoms with E-state index in [1.54, 1.807) is 18.6 Å². The average molecular weight is 286 g/mol. The van der Waals surface area contributed by atoms with E-state index < -0.39 is 0 Å². The van der Waals surface area contributed by atoms with E-state index in [-0.39, 0.29) is 0 Å². The van der Waals surface area contributed by atoms with Crippen molar-refractivity contribution in [2.75, 3.05) is 7.05 Å². The Kier molecular flexibility index (Phi) is 4.60. The zero-order valence-corrected chi connectivity index (χ0v) is 12.5. The molecule has 0 spiro atoms. The van der Waals surface area contributed by atoms with Crippen molar-refractivity contribution in [1.82, 2.24) is 20.0 Å². The van der Waals surface area contributed by atoms with Gasteiger partial charge >= 0.3 is 0 Å². The van der Waals surface area contributed by atoms with Crippen molar-refractivity contribution in [3.8, 4) is 0 Å². The summed E-state index contributed by atoms with van der Waals surface area (Å²) in [6, 6.07) is 2.13. The van der Waals surface area contributed by atoms with E-state index >= 15 is 0 Å². The Labute approximate surface area is 125 Å². The van der Waals surface area contributed by atoms with Gasteiger partial charge in [-0.3, -0.25) is 14.9 Å². The summed E-state index contributed by atoms with van der Waals surface area (Å²) in [5.74, 6) is 1.53. The molecule has 3 rings (SSSR count). The molecule has 5 heteroatoms. The largest absolute Gasteiger partial charge is 0.360 e. The number of nitrogens with zero attached hydrogens (tertiary/aromatic N) is 4. The first kappa shape index (κ1) is 14.2. The molecular weight excluding hydrogens is 264 g/mol. The molecule has 0 N–H and O–H groups in total. The molecule has 0 bridgehead atoms. The van der Waals surface area contributed by atoms with Crippen LogP contribution >= 0.6 is 0 Å². The zero-order valence-electron chi connectivity index (χ0n) is 12.5. The number of aromatic nitrogens is 3. The molecule has 1 aliphatic carbocycles. The third-order valence-corrected chi connectivity index (χ3v) is 4.07. The van der Waals surface area contributed by atoms with E-state index in [2.05, 4.69) is 33.1 Å². The highest BCUT2D eigenvalue weighted by Crippen LogP contribution is 2.32. The third kappa shape index (κ3) is 3.88. The smallest absolute Gasteiger partial charge is 0.150 e. The standard InChI is InChI=1S/C16H22N4O/c1-20(11-14-10-17-7-8-18-14)12-15-9-16(19-21-15)13-5-3-2-4-6-13/h7-10,13H,2-6,11-12H2,1H3. The number of hydrogen-bond donors (Lipinski definition) is 0. The van der Waals surface area contributed by atoms with Gasteiger partial charge in [0.05, 0.1) is 17.9 Å². The van der Waals surface area contributed by atoms with Crippen molar-refractivity contribution in [3.05, 3.63) is 41.8 Å². The first-order chi connectivity index (χ1) is 10.3. The van der Waals surface area contributed by atoms with Crippen molar-refractivity contribution in [2.24, 2.45) is 0 Å². The summed E-state index contributed by atoms with van der Waals surface area (Å²) in [4.78, 5) is 10.5. The molecule has 0 saturated heterocycles. The van der Waals surface area contributed by atoms with Crippen LogP contribution in [0.3, 0.4) is 0 Å². The monoisotopic (exact) mass is 286 g/mol. The van der Waals surface area contributed by atoms with Gasteiger partial charge in [0, 0.05) is 37.1 Å². The van der Waals surface area contributed by atoms with Crippen LogP contribution < -0.4 is 0 Å². The molecule has 112 valence electrons. The van der Waals surface area contributed by atoms with Gasteiger partial charge in [0.25, 0.3) is 0 Å². The van der Waals surface area contributed by atoms with Gasteiger partial charge in [-0.15, -0.1) is 0 Å². The van der Waals surface area contributed by atoms with Crippen molar-refractivity contribution >= 4 is 0 Å². The molecule has 0 atom stereocenters. The highest BCUT2D eigenvalue weighted by Gasteiger charge is 2.19. The van der Waals surface area contributed by atoms with Crippen molar-refractivity contribution in [3.63, 3.8) is 0 Å². The fourth-order valence-corrected chi connectivity index (χ4v) is 3.00. The van der Waals surface area contributed by atoms with Crippen LogP contribution in [0.1, 0.15) is 55.2 Å². The van der Waals surface area contributed by atoms with Gasteiger partial charge in [0.15, 0.2) is 5.76 Å². The molecule has 0 aliphatic heterocycles. The number of hydrogen-bond acceptors (Lipinski definition) is 5. The second kappa shape index (κ2) is 6.80. The van der Waals surface area contributed by atoms with E-state index in [1.807, 2.05) is 0 Å². The van der Waals surface area contributed by atoms with Crippen molar-refractivity contribution < 1.29 is 4.52 Å². The van der Waals surface area contributed by atoms with Gasteiger partial charge < -0.3 is 4.52 Å². The maximum absolute atomic E-state index is 5.50. The molecule has 0 unspecified atom stereocenters. The molecule has 2 aromatic heterocycles. The summed E-state index contributed by atoms with van der Waals surface area (Å²) in [6.07, 6.45) is 11.7. The Hall–Kier alpha value is -1.75. The maximum Gasteiger partial charge on any atom is 0.150 e. The Bertz CT molecular complexity index is 548. The van der Waals surface area contributed by atoms with Gasteiger partial charge in [-0.25, -0.2) is 0 Å². The Morgan fingerprint density at radius 3 is 2.81 bits per heavy atom. The predicted molar refractivity (Wildman–Crippen MR) is 79.5 cm³/mol. The summed E-state index contributed by atoms with van der Waals surface area (Å²) < 4.78 is 5.50. The lowest BCUT2D eigenvalue weighted by Crippen LogP contribution is -2.17. The maximum atomic E-state index is 5.50. The fraction of sp³-hybridized carbons (Fsp3) is 0.562. The minimum Gasteiger partial charge on any atom is -0.360 e. The molecule has 0 amide bonds. The van der Waals surface area contributed by atoms with Crippen LogP contribution in [0.25, 0.3) is 0 Å². The van der Waals surface area contributed by atoms with Gasteiger partial charge in [-0.05, 0) is 19.9 Å². The average Bonchev–Trinajstić information content (AvgIpc) is 2.97. The molecule has 2 aromatic rings. The minimum atomic E-state index is 0.599. The van der Waals surface area contributed by atoms with Crippen molar-refractivity contribution in [1.29, 1.82) is 0 Å². The van der Waals surface area contributed by atoms with E-state index in [1.165, 1.54) is 32.1 Å². The molecule has 1 saturated carbocycles. The second-order valence-corrected chi connectivity index (χ2v) is 5.92. The number of rotatable bonds is 5. The lowest BCUT2D eigenvalue weighted by Gasteiger charge is -2.18. The first-order valence-electron chi connectivity index (χ1n) is 7.70. The summed E-state index contributed by atoms with van der Waals surface area (Å²) in [7, 11) is 2.05. The van der Waals surface area contributed by atoms with Crippen LogP contribution in [-0.4, -0.2) is 27.1 Å². The van der Waals surface area contributed by atoms with Gasteiger partial charge in [-0.1, -0.05) is 24.4 Å². The second-order valence-electron chi connectivity index (χ2n) is 5.92. The van der Waals surface area contributed by atoms with E-state index in [0.29, 0.717) is 5.92 Å². The summed E-state index contributed by atoms with van der Waals surface area (Å²) in [6.45, 7) is 1.50. The predicted octanol–water partition coefficient (Wildman–Crippen LogP) is 3.14. The normalized spacial score (nSPS) is 16.5. The molecule has 0 radical (unpaired) electrons. The highest BCUT2D eigenvalue weighted by atomic mass is 16.5. The molecule has 5 nitrogen and oxygen atoms in total. The van der Waals surface area contributed by atoms with Crippen LogP contribution in [0.15, 0.2) is 29.2 Å². The first-order valence-corrected chi connectivity index (χ1v) is 7.70. The molecule has 0 aromatic carbocycles. The lowest BCUT2D eigenvalue weighted by molar-refractivity contribution is 0.262. The van der Waals surface area contributed by atoms with E-state index in [9.17, 15) is 0 Å². The van der Waals surface area contributed by atoms with Crippen molar-refractivity contribution in [2.45, 2.75) is 51.1 Å². The van der Waals surface area contributed by atoms with Crippen LogP contribution in [0.4, 0.5) is 0 Å². The van der Waals surface area contributed by atoms with E-state index in [0.717, 1.165) is 30.2 Å². The van der Waals surface area contributed by atoms with E-state index in [4.69, 9.17) is 4.52 Å². The third-order valence-electron chi connectivity index (χ3n) is 4.07. The zero-order chi connectivity index (χ0) is 14.5.